The van der Waals surface area contributed by atoms with E-state index in [0.29, 0.717) is 12.0 Å². The van der Waals surface area contributed by atoms with E-state index in [0.717, 1.165) is 5.92 Å². The molecule has 2 rings (SSSR count). The van der Waals surface area contributed by atoms with Gasteiger partial charge in [-0.2, -0.15) is 0 Å². The fourth-order valence-electron chi connectivity index (χ4n) is 2.89. The van der Waals surface area contributed by atoms with Crippen LogP contribution in [-0.2, 0) is 6.42 Å². The molecule has 0 saturated heterocycles. The van der Waals surface area contributed by atoms with Crippen molar-refractivity contribution in [1.29, 1.82) is 0 Å². The maximum absolute atomic E-state index is 3.51. The van der Waals surface area contributed by atoms with Gasteiger partial charge in [0.1, 0.15) is 0 Å². The first-order valence-electron chi connectivity index (χ1n) is 5.97. The van der Waals surface area contributed by atoms with Gasteiger partial charge in [-0.15, -0.1) is 11.3 Å². The van der Waals surface area contributed by atoms with Gasteiger partial charge in [-0.1, -0.05) is 13.8 Å². The number of thiophene rings is 1. The molecular weight excluding hydrogens is 202 g/mol. The van der Waals surface area contributed by atoms with E-state index in [2.05, 4.69) is 37.7 Å². The molecule has 84 valence electrons. The first kappa shape index (κ1) is 11.2. The van der Waals surface area contributed by atoms with Crippen molar-refractivity contribution >= 4 is 11.3 Å². The fraction of sp³-hybridized carbons (Fsp3) is 0.692. The largest absolute Gasteiger partial charge is 0.316 e. The van der Waals surface area contributed by atoms with Gasteiger partial charge in [0.25, 0.3) is 0 Å². The van der Waals surface area contributed by atoms with E-state index in [9.17, 15) is 0 Å². The lowest BCUT2D eigenvalue weighted by Gasteiger charge is -2.33. The minimum atomic E-state index is 0.638. The van der Waals surface area contributed by atoms with Crippen molar-refractivity contribution in [2.24, 2.45) is 5.92 Å². The summed E-state index contributed by atoms with van der Waals surface area (Å²) in [6, 6.07) is 2.98. The van der Waals surface area contributed by atoms with Gasteiger partial charge in [-0.3, -0.25) is 0 Å². The van der Waals surface area contributed by atoms with Crippen molar-refractivity contribution in [3.63, 3.8) is 0 Å². The van der Waals surface area contributed by atoms with Gasteiger partial charge < -0.3 is 5.32 Å². The van der Waals surface area contributed by atoms with E-state index in [-0.39, 0.29) is 0 Å². The predicted molar refractivity (Wildman–Crippen MR) is 67.7 cm³/mol. The highest BCUT2D eigenvalue weighted by molar-refractivity contribution is 7.10. The van der Waals surface area contributed by atoms with Gasteiger partial charge in [-0.25, -0.2) is 0 Å². The van der Waals surface area contributed by atoms with Gasteiger partial charge in [0.15, 0.2) is 0 Å². The Balaban J connectivity index is 2.24. The van der Waals surface area contributed by atoms with Crippen molar-refractivity contribution in [1.82, 2.24) is 5.32 Å². The number of aryl methyl sites for hydroxylation is 1. The molecule has 0 fully saturated rings. The maximum atomic E-state index is 3.51. The Bertz CT molecular complexity index is 316. The summed E-state index contributed by atoms with van der Waals surface area (Å²) in [6.07, 6.45) is 4.02. The van der Waals surface area contributed by atoms with Crippen molar-refractivity contribution < 1.29 is 0 Å². The Morgan fingerprint density at radius 1 is 1.47 bits per heavy atom. The summed E-state index contributed by atoms with van der Waals surface area (Å²) in [6.45, 7) is 4.64. The molecule has 1 aromatic rings. The lowest BCUT2D eigenvalue weighted by Crippen LogP contribution is -2.37. The summed E-state index contributed by atoms with van der Waals surface area (Å²) in [7, 11) is 2.10. The van der Waals surface area contributed by atoms with E-state index >= 15 is 0 Å². The number of hydrogen-bond acceptors (Lipinski definition) is 2. The number of fused-ring (bicyclic) bond motifs is 1. The number of hydrogen-bond donors (Lipinski definition) is 1. The molecule has 0 amide bonds. The van der Waals surface area contributed by atoms with Gasteiger partial charge in [0.05, 0.1) is 0 Å². The van der Waals surface area contributed by atoms with Crippen LogP contribution in [0.15, 0.2) is 11.4 Å². The third-order valence-electron chi connectivity index (χ3n) is 3.58. The summed E-state index contributed by atoms with van der Waals surface area (Å²) in [5, 5.41) is 5.77. The van der Waals surface area contributed by atoms with Crippen LogP contribution in [0.3, 0.4) is 0 Å². The molecule has 0 bridgehead atoms. The van der Waals surface area contributed by atoms with E-state index in [1.54, 1.807) is 10.4 Å². The van der Waals surface area contributed by atoms with Crippen LogP contribution < -0.4 is 5.32 Å². The van der Waals surface area contributed by atoms with E-state index in [4.69, 9.17) is 0 Å². The second-order valence-electron chi connectivity index (χ2n) is 4.86. The van der Waals surface area contributed by atoms with Crippen LogP contribution in [-0.4, -0.2) is 13.1 Å². The lowest BCUT2D eigenvalue weighted by atomic mass is 9.78. The molecule has 0 radical (unpaired) electrons. The van der Waals surface area contributed by atoms with Crippen LogP contribution in [0, 0.1) is 5.92 Å². The van der Waals surface area contributed by atoms with Crippen LogP contribution >= 0.6 is 11.3 Å². The molecule has 2 atom stereocenters. The summed E-state index contributed by atoms with van der Waals surface area (Å²) in [4.78, 5) is 1.63. The van der Waals surface area contributed by atoms with Crippen molar-refractivity contribution in [2.45, 2.75) is 45.1 Å². The fourth-order valence-corrected chi connectivity index (χ4v) is 3.89. The summed E-state index contributed by atoms with van der Waals surface area (Å²) >= 11 is 1.94. The van der Waals surface area contributed by atoms with Crippen LogP contribution in [0.4, 0.5) is 0 Å². The molecule has 0 saturated carbocycles. The second kappa shape index (κ2) is 4.67. The molecule has 1 N–H and O–H groups in total. The summed E-state index contributed by atoms with van der Waals surface area (Å²) < 4.78 is 0. The zero-order valence-electron chi connectivity index (χ0n) is 9.92. The van der Waals surface area contributed by atoms with Crippen LogP contribution in [0.25, 0.3) is 0 Å². The Hall–Kier alpha value is -0.340. The molecule has 1 aliphatic carbocycles. The third-order valence-corrected chi connectivity index (χ3v) is 4.58. The Morgan fingerprint density at radius 2 is 2.27 bits per heavy atom. The standard InChI is InChI=1S/C13H21NS/c1-9(2)13(14-3)11-5-4-6-12-10(11)7-8-15-12/h7-9,11,13-14H,4-6H2,1-3H3. The Morgan fingerprint density at radius 3 is 2.93 bits per heavy atom. The minimum Gasteiger partial charge on any atom is -0.316 e. The summed E-state index contributed by atoms with van der Waals surface area (Å²) in [5.74, 6) is 1.45. The number of rotatable bonds is 3. The quantitative estimate of drug-likeness (QED) is 0.828. The first-order valence-corrected chi connectivity index (χ1v) is 6.85. The zero-order chi connectivity index (χ0) is 10.8. The topological polar surface area (TPSA) is 12.0 Å². The molecular formula is C13H21NS. The highest BCUT2D eigenvalue weighted by Crippen LogP contribution is 2.38. The molecule has 2 unspecified atom stereocenters. The smallest absolute Gasteiger partial charge is 0.0156 e. The summed E-state index contributed by atoms with van der Waals surface area (Å²) in [5.41, 5.74) is 1.62. The Kier molecular flexibility index (Phi) is 3.47. The molecule has 1 aromatic heterocycles. The first-order chi connectivity index (χ1) is 7.24. The van der Waals surface area contributed by atoms with Crippen molar-refractivity contribution in [3.8, 4) is 0 Å². The molecule has 1 nitrogen and oxygen atoms in total. The van der Waals surface area contributed by atoms with Crippen molar-refractivity contribution in [2.75, 3.05) is 7.05 Å². The number of nitrogens with one attached hydrogen (secondary N) is 1. The highest BCUT2D eigenvalue weighted by Gasteiger charge is 2.29. The molecule has 15 heavy (non-hydrogen) atoms. The average molecular weight is 223 g/mol. The van der Waals surface area contributed by atoms with Gasteiger partial charge in [0, 0.05) is 16.8 Å². The third kappa shape index (κ3) is 2.11. The average Bonchev–Trinajstić information content (AvgIpc) is 2.66. The second-order valence-corrected chi connectivity index (χ2v) is 5.86. The van der Waals surface area contributed by atoms with Crippen LogP contribution in [0.2, 0.25) is 0 Å². The minimum absolute atomic E-state index is 0.638. The van der Waals surface area contributed by atoms with Crippen molar-refractivity contribution in [3.05, 3.63) is 21.9 Å². The maximum Gasteiger partial charge on any atom is 0.0156 e. The van der Waals surface area contributed by atoms with Gasteiger partial charge in [-0.05, 0) is 49.2 Å². The highest BCUT2D eigenvalue weighted by atomic mass is 32.1. The normalized spacial score (nSPS) is 22.8. The molecule has 2 heteroatoms. The lowest BCUT2D eigenvalue weighted by molar-refractivity contribution is 0.336. The molecule has 0 spiro atoms. The molecule has 0 aliphatic heterocycles. The SMILES string of the molecule is CNC(C(C)C)C1CCCc2sccc21. The van der Waals surface area contributed by atoms with E-state index in [1.807, 2.05) is 11.3 Å². The van der Waals surface area contributed by atoms with Gasteiger partial charge >= 0.3 is 0 Å². The van der Waals surface area contributed by atoms with Gasteiger partial charge in [0.2, 0.25) is 0 Å². The predicted octanol–water partition coefficient (Wildman–Crippen LogP) is 3.41. The Labute approximate surface area is 96.9 Å². The van der Waals surface area contributed by atoms with E-state index < -0.39 is 0 Å². The zero-order valence-corrected chi connectivity index (χ0v) is 10.7. The molecule has 1 aliphatic rings. The monoisotopic (exact) mass is 223 g/mol. The number of likely N-dealkylation sites (N-methyl/N-ethyl adjacent to an activating group) is 1. The van der Waals surface area contributed by atoms with Crippen LogP contribution in [0.5, 0.6) is 0 Å². The van der Waals surface area contributed by atoms with Crippen LogP contribution in [0.1, 0.15) is 43.0 Å². The molecule has 0 aromatic carbocycles. The molecule has 1 heterocycles. The van der Waals surface area contributed by atoms with E-state index in [1.165, 1.54) is 19.3 Å².